The maximum atomic E-state index is 13.4. The quantitative estimate of drug-likeness (QED) is 0.190. The Morgan fingerprint density at radius 2 is 1.54 bits per heavy atom. The van der Waals surface area contributed by atoms with E-state index < -0.39 is 10.0 Å². The Labute approximate surface area is 282 Å². The number of carbonyl (C=O) groups excluding carboxylic acids is 1. The molecule has 2 fully saturated rings. The minimum absolute atomic E-state index is 0. The van der Waals surface area contributed by atoms with Gasteiger partial charge in [-0.15, -0.1) is 12.4 Å². The maximum absolute atomic E-state index is 13.4. The van der Waals surface area contributed by atoms with E-state index in [1.165, 1.54) is 36.4 Å². The van der Waals surface area contributed by atoms with E-state index >= 15 is 0 Å². The van der Waals surface area contributed by atoms with E-state index in [1.54, 1.807) is 31.3 Å². The first kappa shape index (κ1) is 36.1. The fraction of sp³-hybridized carbons (Fsp3) is 0.486. The van der Waals surface area contributed by atoms with Crippen molar-refractivity contribution in [3.05, 3.63) is 102 Å². The van der Waals surface area contributed by atoms with Crippen molar-refractivity contribution in [2.45, 2.75) is 75.0 Å². The molecule has 46 heavy (non-hydrogen) atoms. The number of carbonyl (C=O) groups is 1. The number of hydrogen-bond donors (Lipinski definition) is 1. The number of likely N-dealkylation sites (N-methyl/N-ethyl adjacent to an activating group) is 1. The third-order valence-corrected chi connectivity index (χ3v) is 11.4. The zero-order chi connectivity index (χ0) is 31.5. The molecule has 0 amide bonds. The third kappa shape index (κ3) is 10.1. The highest BCUT2D eigenvalue weighted by molar-refractivity contribution is 7.89. The summed E-state index contributed by atoms with van der Waals surface area (Å²) in [6.07, 6.45) is 8.82. The van der Waals surface area contributed by atoms with Gasteiger partial charge in [-0.25, -0.2) is 12.7 Å². The fourth-order valence-corrected chi connectivity index (χ4v) is 8.08. The Morgan fingerprint density at radius 1 is 0.913 bits per heavy atom. The molecule has 1 unspecified atom stereocenters. The molecule has 0 radical (unpaired) electrons. The van der Waals surface area contributed by atoms with Crippen molar-refractivity contribution >= 4 is 28.4 Å². The van der Waals surface area contributed by atoms with Crippen LogP contribution in [0.4, 0.5) is 0 Å². The molecule has 1 saturated carbocycles. The first-order valence-electron chi connectivity index (χ1n) is 16.6. The highest BCUT2D eigenvalue weighted by Crippen LogP contribution is 2.29. The van der Waals surface area contributed by atoms with Crippen LogP contribution in [0.5, 0.6) is 0 Å². The number of ether oxygens (including phenoxy) is 1. The summed E-state index contributed by atoms with van der Waals surface area (Å²) in [6, 6.07) is 28.8. The van der Waals surface area contributed by atoms with Crippen LogP contribution in [0.25, 0.3) is 0 Å². The molecule has 2 aliphatic rings. The summed E-state index contributed by atoms with van der Waals surface area (Å²) in [4.78, 5) is 16.0. The first-order valence-corrected chi connectivity index (χ1v) is 18.1. The second kappa shape index (κ2) is 18.0. The second-order valence-corrected chi connectivity index (χ2v) is 14.8. The van der Waals surface area contributed by atoms with Crippen LogP contribution in [0.15, 0.2) is 95.9 Å². The van der Waals surface area contributed by atoms with Gasteiger partial charge in [-0.1, -0.05) is 98.1 Å². The monoisotopic (exact) mass is 667 g/mol. The van der Waals surface area contributed by atoms with Crippen LogP contribution in [0.3, 0.4) is 0 Å². The van der Waals surface area contributed by atoms with Crippen molar-refractivity contribution in [2.75, 3.05) is 33.2 Å². The normalized spacial score (nSPS) is 20.1. The van der Waals surface area contributed by atoms with Crippen LogP contribution >= 0.6 is 12.4 Å². The number of sulfonamides is 1. The molecule has 3 aromatic carbocycles. The molecule has 7 nitrogen and oxygen atoms in total. The van der Waals surface area contributed by atoms with Crippen LogP contribution in [0, 0.1) is 11.8 Å². The van der Waals surface area contributed by atoms with Crippen molar-refractivity contribution in [3.63, 3.8) is 0 Å². The minimum Gasteiger partial charge on any atom is -0.461 e. The van der Waals surface area contributed by atoms with E-state index in [-0.39, 0.29) is 36.4 Å². The lowest BCUT2D eigenvalue weighted by Crippen LogP contribution is -2.53. The van der Waals surface area contributed by atoms with Crippen molar-refractivity contribution in [3.8, 4) is 0 Å². The van der Waals surface area contributed by atoms with Crippen LogP contribution in [-0.2, 0) is 26.2 Å². The van der Waals surface area contributed by atoms with Gasteiger partial charge in [-0.05, 0) is 73.7 Å². The maximum Gasteiger partial charge on any atom is 0.309 e. The number of hydrogen-bond acceptors (Lipinski definition) is 6. The molecule has 3 atom stereocenters. The summed E-state index contributed by atoms with van der Waals surface area (Å²) in [5.74, 6) is 0.459. The number of likely N-dealkylation sites (tertiary alicyclic amines) is 1. The summed E-state index contributed by atoms with van der Waals surface area (Å²) in [5.41, 5.74) is 2.14. The van der Waals surface area contributed by atoms with Crippen molar-refractivity contribution in [2.24, 2.45) is 11.8 Å². The lowest BCUT2D eigenvalue weighted by molar-refractivity contribution is -0.152. The van der Waals surface area contributed by atoms with Gasteiger partial charge >= 0.3 is 5.97 Å². The molecule has 5 rings (SSSR count). The number of nitrogens with zero attached hydrogens (tertiary/aromatic N) is 2. The Balaban J connectivity index is 0.00000480. The summed E-state index contributed by atoms with van der Waals surface area (Å²) in [6.45, 7) is 3.27. The number of rotatable bonds is 14. The van der Waals surface area contributed by atoms with E-state index in [0.717, 1.165) is 50.0 Å². The summed E-state index contributed by atoms with van der Waals surface area (Å²) in [5, 5.41) is 3.86. The predicted molar refractivity (Wildman–Crippen MR) is 186 cm³/mol. The lowest BCUT2D eigenvalue weighted by Gasteiger charge is -2.40. The molecule has 0 bridgehead atoms. The standard InChI is InChI=1S/C37H49N3O4S.ClH/c1-39(45(42,43)35-20-12-5-13-21-35)28-34(32-18-10-4-11-19-32)23-25-40-24-22-33(37(41)44-29-31-16-8-3-9-17-31)26-36(40)38-27-30-14-6-2-7-15-30;/h3-5,8-13,16-21,30,33-34,36,38H,2,6-7,14-15,22-29H2,1H3;1H/t33?,34-,36-;/m0./s1. The van der Waals surface area contributed by atoms with Crippen LogP contribution in [0.2, 0.25) is 0 Å². The van der Waals surface area contributed by atoms with Gasteiger partial charge in [0.15, 0.2) is 0 Å². The van der Waals surface area contributed by atoms with E-state index in [2.05, 4.69) is 22.3 Å². The van der Waals surface area contributed by atoms with E-state index in [0.29, 0.717) is 24.0 Å². The average Bonchev–Trinajstić information content (AvgIpc) is 3.09. The molecule has 1 saturated heterocycles. The molecule has 1 N–H and O–H groups in total. The number of nitrogens with one attached hydrogen (secondary N) is 1. The average molecular weight is 668 g/mol. The zero-order valence-electron chi connectivity index (χ0n) is 27.0. The SMILES string of the molecule is CN(C[C@H](CCN1CCC(C(=O)OCc2ccccc2)C[C@H]1NCC1CCCCC1)c1ccccc1)S(=O)(=O)c1ccccc1.Cl. The lowest BCUT2D eigenvalue weighted by atomic mass is 9.88. The number of benzene rings is 3. The summed E-state index contributed by atoms with van der Waals surface area (Å²) < 4.78 is 34.1. The summed E-state index contributed by atoms with van der Waals surface area (Å²) in [7, 11) is -1.92. The molecule has 0 aromatic heterocycles. The Bertz CT molecular complexity index is 1420. The zero-order valence-corrected chi connectivity index (χ0v) is 28.6. The van der Waals surface area contributed by atoms with Crippen molar-refractivity contribution in [1.29, 1.82) is 0 Å². The van der Waals surface area contributed by atoms with Gasteiger partial charge in [0.05, 0.1) is 17.0 Å². The van der Waals surface area contributed by atoms with E-state index in [1.807, 2.05) is 54.6 Å². The molecule has 250 valence electrons. The minimum atomic E-state index is -3.60. The Kier molecular flexibility index (Phi) is 14.1. The Morgan fingerprint density at radius 3 is 2.22 bits per heavy atom. The highest BCUT2D eigenvalue weighted by Gasteiger charge is 2.34. The molecule has 0 spiro atoms. The Hall–Kier alpha value is -2.75. The summed E-state index contributed by atoms with van der Waals surface area (Å²) >= 11 is 0. The number of piperidine rings is 1. The van der Waals surface area contributed by atoms with Gasteiger partial charge in [0.1, 0.15) is 6.61 Å². The second-order valence-electron chi connectivity index (χ2n) is 12.8. The number of esters is 1. The van der Waals surface area contributed by atoms with Crippen molar-refractivity contribution < 1.29 is 17.9 Å². The van der Waals surface area contributed by atoms with Crippen LogP contribution in [0.1, 0.15) is 68.4 Å². The van der Waals surface area contributed by atoms with Gasteiger partial charge in [-0.3, -0.25) is 9.69 Å². The number of halogens is 1. The van der Waals surface area contributed by atoms with Gasteiger partial charge in [-0.2, -0.15) is 0 Å². The fourth-order valence-electron chi connectivity index (χ4n) is 6.84. The molecule has 1 aliphatic heterocycles. The predicted octanol–water partition coefficient (Wildman–Crippen LogP) is 6.85. The van der Waals surface area contributed by atoms with Gasteiger partial charge in [0.2, 0.25) is 10.0 Å². The largest absolute Gasteiger partial charge is 0.461 e. The van der Waals surface area contributed by atoms with Gasteiger partial charge < -0.3 is 10.1 Å². The molecule has 9 heteroatoms. The first-order chi connectivity index (χ1) is 21.9. The smallest absolute Gasteiger partial charge is 0.309 e. The molecular formula is C37H50ClN3O4S. The molecular weight excluding hydrogens is 618 g/mol. The molecule has 1 aliphatic carbocycles. The van der Waals surface area contributed by atoms with Gasteiger partial charge in [0.25, 0.3) is 0 Å². The highest BCUT2D eigenvalue weighted by atomic mass is 35.5. The topological polar surface area (TPSA) is 79.0 Å². The van der Waals surface area contributed by atoms with E-state index in [9.17, 15) is 13.2 Å². The molecule has 3 aromatic rings. The van der Waals surface area contributed by atoms with E-state index in [4.69, 9.17) is 4.74 Å². The third-order valence-electron chi connectivity index (χ3n) is 9.60. The van der Waals surface area contributed by atoms with Gasteiger partial charge in [0, 0.05) is 26.7 Å². The van der Waals surface area contributed by atoms with Crippen LogP contribution in [-0.4, -0.2) is 63.0 Å². The molecule has 1 heterocycles. The van der Waals surface area contributed by atoms with Crippen molar-refractivity contribution in [1.82, 2.24) is 14.5 Å². The van der Waals surface area contributed by atoms with Crippen LogP contribution < -0.4 is 5.32 Å².